The van der Waals surface area contributed by atoms with Crippen LogP contribution in [-0.2, 0) is 6.54 Å². The first-order valence-electron chi connectivity index (χ1n) is 7.85. The lowest BCUT2D eigenvalue weighted by Gasteiger charge is -2.07. The Morgan fingerprint density at radius 2 is 1.81 bits per heavy atom. The molecule has 0 aliphatic carbocycles. The lowest BCUT2D eigenvalue weighted by Crippen LogP contribution is -2.21. The summed E-state index contributed by atoms with van der Waals surface area (Å²) in [6.45, 7) is 2.32. The maximum Gasteiger partial charge on any atom is 0.283 e. The van der Waals surface area contributed by atoms with Crippen LogP contribution in [0.25, 0.3) is 16.9 Å². The zero-order chi connectivity index (χ0) is 18.3. The Balaban J connectivity index is 1.75. The van der Waals surface area contributed by atoms with E-state index in [1.54, 1.807) is 16.8 Å². The van der Waals surface area contributed by atoms with Crippen molar-refractivity contribution in [1.82, 2.24) is 24.5 Å². The molecule has 0 saturated carbocycles. The summed E-state index contributed by atoms with van der Waals surface area (Å²) in [6.07, 6.45) is 1.49. The Kier molecular flexibility index (Phi) is 4.22. The molecule has 2 heterocycles. The quantitative estimate of drug-likeness (QED) is 0.539. The Hall–Kier alpha value is -2.70. The maximum atomic E-state index is 12.7. The number of aryl methyl sites for hydroxylation is 1. The summed E-state index contributed by atoms with van der Waals surface area (Å²) >= 11 is 12.0. The molecule has 0 saturated heterocycles. The summed E-state index contributed by atoms with van der Waals surface area (Å²) in [7, 11) is 0. The van der Waals surface area contributed by atoms with Gasteiger partial charge in [0.1, 0.15) is 6.33 Å². The van der Waals surface area contributed by atoms with Crippen molar-refractivity contribution in [2.45, 2.75) is 13.5 Å². The predicted octanol–water partition coefficient (Wildman–Crippen LogP) is 3.64. The van der Waals surface area contributed by atoms with Crippen molar-refractivity contribution >= 4 is 34.4 Å². The molecule has 26 heavy (non-hydrogen) atoms. The minimum Gasteiger partial charge on any atom is -0.293 e. The first-order chi connectivity index (χ1) is 12.5. The molecule has 0 bridgehead atoms. The molecule has 0 spiro atoms. The van der Waals surface area contributed by atoms with Gasteiger partial charge in [0.05, 0.1) is 22.3 Å². The van der Waals surface area contributed by atoms with Crippen LogP contribution < -0.4 is 5.56 Å². The van der Waals surface area contributed by atoms with Crippen LogP contribution in [0.4, 0.5) is 0 Å². The van der Waals surface area contributed by atoms with Gasteiger partial charge in [-0.1, -0.05) is 52.2 Å². The summed E-state index contributed by atoms with van der Waals surface area (Å²) in [5.41, 5.74) is 3.15. The summed E-state index contributed by atoms with van der Waals surface area (Å²) in [5.74, 6) is 0. The molecule has 0 atom stereocenters. The van der Waals surface area contributed by atoms with Gasteiger partial charge in [0, 0.05) is 0 Å². The van der Waals surface area contributed by atoms with Crippen LogP contribution in [0.2, 0.25) is 10.0 Å². The average Bonchev–Trinajstić information content (AvgIpc) is 3.06. The SMILES string of the molecule is Cc1ccc(-n2nnc3c(=O)n(Cc4ccc(Cl)c(Cl)c4)cnc32)cc1. The molecule has 6 nitrogen and oxygen atoms in total. The summed E-state index contributed by atoms with van der Waals surface area (Å²) < 4.78 is 3.02. The van der Waals surface area contributed by atoms with E-state index in [1.807, 2.05) is 37.3 Å². The molecule has 0 amide bonds. The Bertz CT molecular complexity index is 1160. The Labute approximate surface area is 158 Å². The summed E-state index contributed by atoms with van der Waals surface area (Å²) in [4.78, 5) is 17.1. The van der Waals surface area contributed by atoms with Gasteiger partial charge in [-0.3, -0.25) is 9.36 Å². The minimum absolute atomic E-state index is 0.216. The van der Waals surface area contributed by atoms with Gasteiger partial charge in [0.15, 0.2) is 11.2 Å². The van der Waals surface area contributed by atoms with E-state index in [4.69, 9.17) is 23.2 Å². The van der Waals surface area contributed by atoms with Gasteiger partial charge in [-0.15, -0.1) is 5.10 Å². The molecular formula is C18H13Cl2N5O. The van der Waals surface area contributed by atoms with E-state index in [9.17, 15) is 4.79 Å². The number of nitrogens with zero attached hydrogens (tertiary/aromatic N) is 5. The maximum absolute atomic E-state index is 12.7. The van der Waals surface area contributed by atoms with Crippen molar-refractivity contribution in [2.24, 2.45) is 0 Å². The van der Waals surface area contributed by atoms with E-state index in [2.05, 4.69) is 15.3 Å². The largest absolute Gasteiger partial charge is 0.293 e. The van der Waals surface area contributed by atoms with Crippen LogP contribution >= 0.6 is 23.2 Å². The highest BCUT2D eigenvalue weighted by Crippen LogP contribution is 2.23. The number of fused-ring (bicyclic) bond motifs is 1. The van der Waals surface area contributed by atoms with E-state index in [-0.39, 0.29) is 11.1 Å². The molecule has 0 aliphatic heterocycles. The summed E-state index contributed by atoms with van der Waals surface area (Å²) in [5, 5.41) is 9.01. The number of hydrogen-bond acceptors (Lipinski definition) is 4. The molecule has 2 aromatic carbocycles. The van der Waals surface area contributed by atoms with Crippen LogP contribution in [0.15, 0.2) is 53.6 Å². The molecule has 8 heteroatoms. The average molecular weight is 386 g/mol. The Morgan fingerprint density at radius 1 is 1.04 bits per heavy atom. The first-order valence-corrected chi connectivity index (χ1v) is 8.60. The van der Waals surface area contributed by atoms with Crippen molar-refractivity contribution in [3.05, 3.63) is 80.3 Å². The highest BCUT2D eigenvalue weighted by molar-refractivity contribution is 6.42. The third-order valence-electron chi connectivity index (χ3n) is 4.04. The van der Waals surface area contributed by atoms with E-state index in [0.29, 0.717) is 22.2 Å². The number of rotatable bonds is 3. The van der Waals surface area contributed by atoms with E-state index < -0.39 is 0 Å². The zero-order valence-electron chi connectivity index (χ0n) is 13.7. The second kappa shape index (κ2) is 6.55. The van der Waals surface area contributed by atoms with Gasteiger partial charge in [-0.25, -0.2) is 4.98 Å². The molecule has 0 unspecified atom stereocenters. The third-order valence-corrected chi connectivity index (χ3v) is 4.78. The number of aromatic nitrogens is 5. The molecule has 0 radical (unpaired) electrons. The predicted molar refractivity (Wildman–Crippen MR) is 101 cm³/mol. The number of halogens is 2. The van der Waals surface area contributed by atoms with Crippen molar-refractivity contribution in [3.8, 4) is 5.69 Å². The van der Waals surface area contributed by atoms with E-state index >= 15 is 0 Å². The number of benzene rings is 2. The fourth-order valence-electron chi connectivity index (χ4n) is 2.65. The molecular weight excluding hydrogens is 373 g/mol. The lowest BCUT2D eigenvalue weighted by atomic mass is 10.2. The van der Waals surface area contributed by atoms with Crippen molar-refractivity contribution in [1.29, 1.82) is 0 Å². The Morgan fingerprint density at radius 3 is 2.54 bits per heavy atom. The van der Waals surface area contributed by atoms with Gasteiger partial charge in [0.2, 0.25) is 0 Å². The smallest absolute Gasteiger partial charge is 0.283 e. The van der Waals surface area contributed by atoms with Gasteiger partial charge in [0.25, 0.3) is 5.56 Å². The first kappa shape index (κ1) is 16.8. The second-order valence-electron chi connectivity index (χ2n) is 5.94. The molecule has 4 rings (SSSR count). The van der Waals surface area contributed by atoms with E-state index in [1.165, 1.54) is 10.9 Å². The fourth-order valence-corrected chi connectivity index (χ4v) is 2.97. The van der Waals surface area contributed by atoms with Crippen molar-refractivity contribution in [2.75, 3.05) is 0 Å². The molecule has 0 fully saturated rings. The van der Waals surface area contributed by atoms with Crippen LogP contribution in [0.3, 0.4) is 0 Å². The van der Waals surface area contributed by atoms with Gasteiger partial charge < -0.3 is 0 Å². The van der Waals surface area contributed by atoms with Crippen molar-refractivity contribution < 1.29 is 0 Å². The number of hydrogen-bond donors (Lipinski definition) is 0. The van der Waals surface area contributed by atoms with Gasteiger partial charge in [-0.05, 0) is 36.8 Å². The molecule has 2 aromatic heterocycles. The molecule has 0 N–H and O–H groups in total. The minimum atomic E-state index is -0.264. The highest BCUT2D eigenvalue weighted by Gasteiger charge is 2.13. The van der Waals surface area contributed by atoms with E-state index in [0.717, 1.165) is 16.8 Å². The third kappa shape index (κ3) is 2.98. The highest BCUT2D eigenvalue weighted by atomic mass is 35.5. The van der Waals surface area contributed by atoms with Crippen LogP contribution in [0.1, 0.15) is 11.1 Å². The van der Waals surface area contributed by atoms with Crippen molar-refractivity contribution in [3.63, 3.8) is 0 Å². The van der Waals surface area contributed by atoms with Gasteiger partial charge in [-0.2, -0.15) is 4.68 Å². The molecule has 0 aliphatic rings. The normalized spacial score (nSPS) is 11.2. The van der Waals surface area contributed by atoms with Crippen LogP contribution in [0, 0.1) is 6.92 Å². The zero-order valence-corrected chi connectivity index (χ0v) is 15.2. The fraction of sp³-hybridized carbons (Fsp3) is 0.111. The summed E-state index contributed by atoms with van der Waals surface area (Å²) in [6, 6.07) is 13.0. The lowest BCUT2D eigenvalue weighted by molar-refractivity contribution is 0.745. The van der Waals surface area contributed by atoms with Crippen LogP contribution in [0.5, 0.6) is 0 Å². The monoisotopic (exact) mass is 385 g/mol. The second-order valence-corrected chi connectivity index (χ2v) is 6.75. The standard InChI is InChI=1S/C18H13Cl2N5O/c1-11-2-5-13(6-3-11)25-17-16(22-23-25)18(26)24(10-21-17)9-12-4-7-14(19)15(20)8-12/h2-8,10H,9H2,1H3. The van der Waals surface area contributed by atoms with Crippen LogP contribution in [-0.4, -0.2) is 24.5 Å². The molecule has 4 aromatic rings. The van der Waals surface area contributed by atoms with Gasteiger partial charge >= 0.3 is 0 Å². The molecule has 130 valence electrons. The topological polar surface area (TPSA) is 65.6 Å².